The number of hydrogen-bond donors (Lipinski definition) is 1. The highest BCUT2D eigenvalue weighted by molar-refractivity contribution is 5.79. The first-order chi connectivity index (χ1) is 11.3. The molecule has 3 nitrogen and oxygen atoms in total. The second-order valence-corrected chi connectivity index (χ2v) is 5.54. The molecule has 0 aliphatic heterocycles. The van der Waals surface area contributed by atoms with Gasteiger partial charge in [-0.05, 0) is 60.4 Å². The number of H-pyrrole nitrogens is 1. The maximum Gasteiger partial charge on any atom is 0.174 e. The number of fused-ring (bicyclic) bond motifs is 1. The van der Waals surface area contributed by atoms with Gasteiger partial charge in [0.25, 0.3) is 0 Å². The van der Waals surface area contributed by atoms with Crippen molar-refractivity contribution in [2.45, 2.75) is 12.8 Å². The number of hydrogen-bond acceptors (Lipinski definition) is 2. The van der Waals surface area contributed by atoms with Gasteiger partial charge in [-0.2, -0.15) is 0 Å². The van der Waals surface area contributed by atoms with Gasteiger partial charge in [-0.1, -0.05) is 18.2 Å². The average molecular weight is 306 g/mol. The quantitative estimate of drug-likeness (QED) is 0.591. The molecule has 2 heterocycles. The molecule has 0 saturated heterocycles. The Kier molecular flexibility index (Phi) is 3.42. The molecule has 0 fully saturated rings. The van der Waals surface area contributed by atoms with Crippen molar-refractivity contribution in [3.05, 3.63) is 77.8 Å². The van der Waals surface area contributed by atoms with Crippen molar-refractivity contribution in [3.8, 4) is 11.6 Å². The van der Waals surface area contributed by atoms with Crippen molar-refractivity contribution in [1.29, 1.82) is 0 Å². The van der Waals surface area contributed by atoms with Gasteiger partial charge in [0.15, 0.2) is 11.6 Å². The summed E-state index contributed by atoms with van der Waals surface area (Å²) < 4.78 is 18.6. The Balaban J connectivity index is 1.56. The molecule has 0 saturated carbocycles. The topological polar surface area (TPSA) is 41.8 Å². The zero-order valence-corrected chi connectivity index (χ0v) is 12.4. The van der Waals surface area contributed by atoms with Gasteiger partial charge in [-0.3, -0.25) is 0 Å². The standard InChI is InChI=1S/C19H15FN2O/c20-15-4-1-3-13(11-15)6-7-14-8-9-16-17(12-14)22-19(21-16)18-5-2-10-23-18/h1-5,8-12H,6-7H2,(H,21,22). The maximum absolute atomic E-state index is 13.2. The summed E-state index contributed by atoms with van der Waals surface area (Å²) in [7, 11) is 0. The van der Waals surface area contributed by atoms with Crippen LogP contribution in [-0.2, 0) is 12.8 Å². The van der Waals surface area contributed by atoms with Crippen LogP contribution in [0.15, 0.2) is 65.3 Å². The van der Waals surface area contributed by atoms with Gasteiger partial charge in [0.05, 0.1) is 17.3 Å². The molecule has 4 heteroatoms. The summed E-state index contributed by atoms with van der Waals surface area (Å²) in [5.74, 6) is 1.27. The molecule has 114 valence electrons. The summed E-state index contributed by atoms with van der Waals surface area (Å²) in [4.78, 5) is 7.81. The third kappa shape index (κ3) is 2.88. The highest BCUT2D eigenvalue weighted by Gasteiger charge is 2.08. The molecule has 0 radical (unpaired) electrons. The fraction of sp³-hybridized carbons (Fsp3) is 0.105. The van der Waals surface area contributed by atoms with Crippen LogP contribution in [-0.4, -0.2) is 9.97 Å². The fourth-order valence-corrected chi connectivity index (χ4v) is 2.72. The average Bonchev–Trinajstić information content (AvgIpc) is 3.21. The van der Waals surface area contributed by atoms with E-state index in [1.54, 1.807) is 18.4 Å². The number of aromatic amines is 1. The minimum absolute atomic E-state index is 0.186. The predicted molar refractivity (Wildman–Crippen MR) is 87.6 cm³/mol. The Morgan fingerprint density at radius 2 is 1.83 bits per heavy atom. The van der Waals surface area contributed by atoms with Crippen LogP contribution in [0.5, 0.6) is 0 Å². The molecule has 2 aromatic heterocycles. The molecular formula is C19H15FN2O. The minimum atomic E-state index is -0.186. The van der Waals surface area contributed by atoms with Crippen LogP contribution >= 0.6 is 0 Å². The Morgan fingerprint density at radius 3 is 2.61 bits per heavy atom. The van der Waals surface area contributed by atoms with Crippen LogP contribution in [0.3, 0.4) is 0 Å². The molecule has 0 spiro atoms. The van der Waals surface area contributed by atoms with Gasteiger partial charge in [-0.15, -0.1) is 0 Å². The number of halogens is 1. The van der Waals surface area contributed by atoms with E-state index in [2.05, 4.69) is 22.1 Å². The van der Waals surface area contributed by atoms with Crippen molar-refractivity contribution in [1.82, 2.24) is 9.97 Å². The van der Waals surface area contributed by atoms with E-state index >= 15 is 0 Å². The molecule has 4 rings (SSSR count). The number of furan rings is 1. The highest BCUT2D eigenvalue weighted by atomic mass is 19.1. The third-order valence-electron chi connectivity index (χ3n) is 3.89. The normalized spacial score (nSPS) is 11.2. The molecule has 0 unspecified atom stereocenters. The van der Waals surface area contributed by atoms with E-state index < -0.39 is 0 Å². The van der Waals surface area contributed by atoms with E-state index in [0.717, 1.165) is 41.0 Å². The van der Waals surface area contributed by atoms with E-state index in [1.165, 1.54) is 11.6 Å². The number of nitrogens with zero attached hydrogens (tertiary/aromatic N) is 1. The molecule has 1 N–H and O–H groups in total. The molecule has 0 aliphatic carbocycles. The van der Waals surface area contributed by atoms with Crippen molar-refractivity contribution in [3.63, 3.8) is 0 Å². The van der Waals surface area contributed by atoms with Crippen molar-refractivity contribution in [2.75, 3.05) is 0 Å². The molecule has 0 atom stereocenters. The van der Waals surface area contributed by atoms with Gasteiger partial charge >= 0.3 is 0 Å². The number of rotatable bonds is 4. The lowest BCUT2D eigenvalue weighted by Gasteiger charge is -2.02. The minimum Gasteiger partial charge on any atom is -0.461 e. The zero-order chi connectivity index (χ0) is 15.6. The first-order valence-corrected chi connectivity index (χ1v) is 7.55. The summed E-state index contributed by atoms with van der Waals surface area (Å²) in [5.41, 5.74) is 4.08. The van der Waals surface area contributed by atoms with Crippen molar-refractivity contribution < 1.29 is 8.81 Å². The van der Waals surface area contributed by atoms with Gasteiger partial charge in [-0.25, -0.2) is 9.37 Å². The monoisotopic (exact) mass is 306 g/mol. The van der Waals surface area contributed by atoms with Gasteiger partial charge < -0.3 is 9.40 Å². The van der Waals surface area contributed by atoms with E-state index in [-0.39, 0.29) is 5.82 Å². The smallest absolute Gasteiger partial charge is 0.174 e. The molecule has 0 amide bonds. The van der Waals surface area contributed by atoms with E-state index in [0.29, 0.717) is 0 Å². The highest BCUT2D eigenvalue weighted by Crippen LogP contribution is 2.22. The number of benzene rings is 2. The second kappa shape index (κ2) is 5.72. The van der Waals surface area contributed by atoms with Crippen LogP contribution in [0.4, 0.5) is 4.39 Å². The molecule has 0 aliphatic rings. The second-order valence-electron chi connectivity index (χ2n) is 5.54. The summed E-state index contributed by atoms with van der Waals surface area (Å²) in [5, 5.41) is 0. The van der Waals surface area contributed by atoms with E-state index in [9.17, 15) is 4.39 Å². The Labute approximate surface area is 132 Å². The predicted octanol–water partition coefficient (Wildman–Crippen LogP) is 4.75. The molecule has 0 bridgehead atoms. The zero-order valence-electron chi connectivity index (χ0n) is 12.4. The number of imidazole rings is 1. The summed E-state index contributed by atoms with van der Waals surface area (Å²) >= 11 is 0. The number of nitrogens with one attached hydrogen (secondary N) is 1. The molecule has 23 heavy (non-hydrogen) atoms. The summed E-state index contributed by atoms with van der Waals surface area (Å²) in [6.45, 7) is 0. The van der Waals surface area contributed by atoms with E-state index in [1.807, 2.05) is 24.3 Å². The van der Waals surface area contributed by atoms with Gasteiger partial charge in [0.2, 0.25) is 0 Å². The van der Waals surface area contributed by atoms with Crippen LogP contribution < -0.4 is 0 Å². The maximum atomic E-state index is 13.2. The Hall–Kier alpha value is -2.88. The Bertz CT molecular complexity index is 941. The molecule has 4 aromatic rings. The largest absolute Gasteiger partial charge is 0.461 e. The SMILES string of the molecule is Fc1cccc(CCc2ccc3nc(-c4ccco4)[nH]c3c2)c1. The molecule has 2 aromatic carbocycles. The van der Waals surface area contributed by atoms with Crippen LogP contribution in [0.2, 0.25) is 0 Å². The first kappa shape index (κ1) is 13.8. The lowest BCUT2D eigenvalue weighted by molar-refractivity contribution is 0.578. The van der Waals surface area contributed by atoms with Gasteiger partial charge in [0.1, 0.15) is 5.82 Å². The van der Waals surface area contributed by atoms with Crippen LogP contribution in [0, 0.1) is 5.82 Å². The van der Waals surface area contributed by atoms with Crippen molar-refractivity contribution >= 4 is 11.0 Å². The number of aromatic nitrogens is 2. The lowest BCUT2D eigenvalue weighted by Crippen LogP contribution is -1.92. The fourth-order valence-electron chi connectivity index (χ4n) is 2.72. The molecular weight excluding hydrogens is 291 g/mol. The van der Waals surface area contributed by atoms with Crippen LogP contribution in [0.25, 0.3) is 22.6 Å². The number of aryl methyl sites for hydroxylation is 2. The summed E-state index contributed by atoms with van der Waals surface area (Å²) in [6, 6.07) is 16.6. The Morgan fingerprint density at radius 1 is 0.957 bits per heavy atom. The van der Waals surface area contributed by atoms with Gasteiger partial charge in [0, 0.05) is 0 Å². The lowest BCUT2D eigenvalue weighted by atomic mass is 10.0. The van der Waals surface area contributed by atoms with Crippen LogP contribution in [0.1, 0.15) is 11.1 Å². The summed E-state index contributed by atoms with van der Waals surface area (Å²) in [6.07, 6.45) is 3.30. The third-order valence-corrected chi connectivity index (χ3v) is 3.89. The van der Waals surface area contributed by atoms with Crippen molar-refractivity contribution in [2.24, 2.45) is 0 Å². The van der Waals surface area contributed by atoms with E-state index in [4.69, 9.17) is 4.42 Å². The first-order valence-electron chi connectivity index (χ1n) is 7.55.